The summed E-state index contributed by atoms with van der Waals surface area (Å²) in [7, 11) is 1.64. The first kappa shape index (κ1) is 15.3. The molecule has 2 bridgehead atoms. The molecule has 0 spiro atoms. The molecule has 3 saturated heterocycles. The molecule has 0 aliphatic carbocycles. The van der Waals surface area contributed by atoms with Gasteiger partial charge < -0.3 is 4.74 Å². The Morgan fingerprint density at radius 3 is 3.00 bits per heavy atom. The largest absolute Gasteiger partial charge is 0.497 e. The molecule has 1 aromatic heterocycles. The number of hydrogen-bond acceptors (Lipinski definition) is 4. The highest BCUT2D eigenvalue weighted by Gasteiger charge is 2.42. The topological polar surface area (TPSA) is 42.4 Å². The summed E-state index contributed by atoms with van der Waals surface area (Å²) in [6, 6.07) is 7.53. The highest BCUT2D eigenvalue weighted by atomic mass is 16.5. The lowest BCUT2D eigenvalue weighted by Gasteiger charge is -2.48. The number of methoxy groups -OCH3 is 1. The number of nitrogens with zero attached hydrogens (tertiary/aromatic N) is 2. The second-order valence-corrected chi connectivity index (χ2v) is 6.80. The van der Waals surface area contributed by atoms with Gasteiger partial charge in [0.25, 0.3) is 0 Å². The highest BCUT2D eigenvalue weighted by Crippen LogP contribution is 2.38. The van der Waals surface area contributed by atoms with Crippen molar-refractivity contribution in [3.8, 4) is 5.75 Å². The lowest BCUT2D eigenvalue weighted by atomic mass is 9.74. The van der Waals surface area contributed by atoms with E-state index in [-0.39, 0.29) is 11.8 Å². The summed E-state index contributed by atoms with van der Waals surface area (Å²) in [6.45, 7) is 5.92. The fourth-order valence-electron chi connectivity index (χ4n) is 4.25. The Morgan fingerprint density at radius 2 is 2.29 bits per heavy atom. The summed E-state index contributed by atoms with van der Waals surface area (Å²) in [5.74, 6) is 2.07. The van der Waals surface area contributed by atoms with Crippen LogP contribution < -0.4 is 4.74 Å². The van der Waals surface area contributed by atoms with Crippen molar-refractivity contribution < 1.29 is 9.53 Å². The molecule has 1 aromatic carbocycles. The molecule has 3 aliphatic heterocycles. The van der Waals surface area contributed by atoms with Crippen LogP contribution in [0, 0.1) is 11.8 Å². The van der Waals surface area contributed by atoms with Gasteiger partial charge in [-0.3, -0.25) is 14.7 Å². The van der Waals surface area contributed by atoms with Crippen LogP contribution in [0.2, 0.25) is 0 Å². The molecule has 0 saturated carbocycles. The molecule has 3 aliphatic rings. The zero-order valence-corrected chi connectivity index (χ0v) is 13.9. The average molecular weight is 322 g/mol. The van der Waals surface area contributed by atoms with Gasteiger partial charge in [-0.15, -0.1) is 6.58 Å². The van der Waals surface area contributed by atoms with E-state index in [9.17, 15) is 4.79 Å². The normalized spacial score (nSPS) is 28.7. The second kappa shape index (κ2) is 6.02. The van der Waals surface area contributed by atoms with Crippen molar-refractivity contribution in [3.63, 3.8) is 0 Å². The number of ketones is 1. The predicted molar refractivity (Wildman–Crippen MR) is 94.4 cm³/mol. The molecular weight excluding hydrogens is 300 g/mol. The number of hydrogen-bond donors (Lipinski definition) is 0. The monoisotopic (exact) mass is 322 g/mol. The standard InChI is InChI=1S/C20H22N2O2/c1-3-13-12-22-9-7-14(13)10-19(22)20(23)16-6-8-21-18-5-4-15(24-2)11-17(16)18/h3-6,8,11,13-14,19H,1,7,9-10,12H2,2H3/t13-,14-,19+/m0/s1. The van der Waals surface area contributed by atoms with Crippen molar-refractivity contribution in [1.29, 1.82) is 0 Å². The van der Waals surface area contributed by atoms with E-state index >= 15 is 0 Å². The maximum atomic E-state index is 13.3. The van der Waals surface area contributed by atoms with Crippen LogP contribution in [0.1, 0.15) is 23.2 Å². The Morgan fingerprint density at radius 1 is 1.42 bits per heavy atom. The van der Waals surface area contributed by atoms with E-state index in [1.165, 1.54) is 6.42 Å². The van der Waals surface area contributed by atoms with Gasteiger partial charge in [0.05, 0.1) is 18.7 Å². The zero-order valence-electron chi connectivity index (χ0n) is 13.9. The van der Waals surface area contributed by atoms with Crippen LogP contribution in [-0.4, -0.2) is 41.9 Å². The first-order valence-electron chi connectivity index (χ1n) is 8.55. The molecule has 4 heteroatoms. The number of Topliss-reactive ketones (excluding diaryl/α,β-unsaturated/α-hetero) is 1. The molecule has 0 radical (unpaired) electrons. The maximum absolute atomic E-state index is 13.3. The molecule has 0 amide bonds. The van der Waals surface area contributed by atoms with Gasteiger partial charge in [0, 0.05) is 23.7 Å². The highest BCUT2D eigenvalue weighted by molar-refractivity contribution is 6.10. The number of aromatic nitrogens is 1. The molecule has 3 fully saturated rings. The van der Waals surface area contributed by atoms with Gasteiger partial charge in [0.2, 0.25) is 0 Å². The van der Waals surface area contributed by atoms with Gasteiger partial charge in [-0.1, -0.05) is 6.08 Å². The van der Waals surface area contributed by atoms with Gasteiger partial charge in [-0.2, -0.15) is 0 Å². The van der Waals surface area contributed by atoms with Crippen molar-refractivity contribution in [1.82, 2.24) is 9.88 Å². The average Bonchev–Trinajstić information content (AvgIpc) is 2.66. The SMILES string of the molecule is C=C[C@H]1CN2CC[C@H]1C[C@@H]2C(=O)c1ccnc2ccc(OC)cc12. The zero-order chi connectivity index (χ0) is 16.7. The summed E-state index contributed by atoms with van der Waals surface area (Å²) in [6.07, 6.45) is 5.89. The van der Waals surface area contributed by atoms with Crippen LogP contribution in [0.4, 0.5) is 0 Å². The van der Waals surface area contributed by atoms with Crippen LogP contribution in [0.15, 0.2) is 43.1 Å². The number of carbonyl (C=O) groups is 1. The molecule has 4 nitrogen and oxygen atoms in total. The van der Waals surface area contributed by atoms with E-state index in [2.05, 4.69) is 22.5 Å². The molecule has 24 heavy (non-hydrogen) atoms. The van der Waals surface area contributed by atoms with E-state index in [4.69, 9.17) is 4.74 Å². The molecule has 124 valence electrons. The minimum atomic E-state index is -0.0169. The van der Waals surface area contributed by atoms with Gasteiger partial charge >= 0.3 is 0 Å². The summed E-state index contributed by atoms with van der Waals surface area (Å²) in [4.78, 5) is 20.0. The molecule has 4 atom stereocenters. The lowest BCUT2D eigenvalue weighted by molar-refractivity contribution is 0.0205. The van der Waals surface area contributed by atoms with E-state index in [0.717, 1.165) is 41.7 Å². The number of ether oxygens (including phenoxy) is 1. The quantitative estimate of drug-likeness (QED) is 0.640. The molecule has 4 heterocycles. The van der Waals surface area contributed by atoms with Crippen LogP contribution in [0.3, 0.4) is 0 Å². The van der Waals surface area contributed by atoms with Gasteiger partial charge in [0.15, 0.2) is 5.78 Å². The molecule has 2 aromatic rings. The molecule has 1 unspecified atom stereocenters. The number of piperidine rings is 3. The lowest BCUT2D eigenvalue weighted by Crippen LogP contribution is -2.55. The molecule has 0 N–H and O–H groups in total. The van der Waals surface area contributed by atoms with Crippen LogP contribution >= 0.6 is 0 Å². The number of fused-ring (bicyclic) bond motifs is 4. The summed E-state index contributed by atoms with van der Waals surface area (Å²) < 4.78 is 5.32. The first-order chi connectivity index (χ1) is 11.7. The fourth-order valence-corrected chi connectivity index (χ4v) is 4.25. The predicted octanol–water partition coefficient (Wildman–Crippen LogP) is 3.32. The summed E-state index contributed by atoms with van der Waals surface area (Å²) in [5.41, 5.74) is 1.59. The van der Waals surface area contributed by atoms with Gasteiger partial charge in [0.1, 0.15) is 5.75 Å². The fraction of sp³-hybridized carbons (Fsp3) is 0.400. The number of rotatable bonds is 4. The van der Waals surface area contributed by atoms with Crippen molar-refractivity contribution in [2.45, 2.75) is 18.9 Å². The van der Waals surface area contributed by atoms with Crippen LogP contribution in [-0.2, 0) is 0 Å². The Bertz CT molecular complexity index is 801. The Kier molecular flexibility index (Phi) is 3.85. The first-order valence-corrected chi connectivity index (χ1v) is 8.55. The maximum Gasteiger partial charge on any atom is 0.180 e. The third kappa shape index (κ3) is 2.42. The molecular formula is C20H22N2O2. The number of benzene rings is 1. The number of carbonyl (C=O) groups excluding carboxylic acids is 1. The van der Waals surface area contributed by atoms with Crippen molar-refractivity contribution >= 4 is 16.7 Å². The van der Waals surface area contributed by atoms with E-state index in [1.807, 2.05) is 24.3 Å². The van der Waals surface area contributed by atoms with Crippen LogP contribution in [0.25, 0.3) is 10.9 Å². The summed E-state index contributed by atoms with van der Waals surface area (Å²) in [5, 5.41) is 0.879. The Labute approximate surface area is 142 Å². The third-order valence-electron chi connectivity index (χ3n) is 5.62. The summed E-state index contributed by atoms with van der Waals surface area (Å²) >= 11 is 0. The van der Waals surface area contributed by atoms with E-state index in [0.29, 0.717) is 11.8 Å². The Balaban J connectivity index is 1.70. The Hall–Kier alpha value is -2.20. The smallest absolute Gasteiger partial charge is 0.180 e. The van der Waals surface area contributed by atoms with Crippen molar-refractivity contribution in [3.05, 3.63) is 48.7 Å². The van der Waals surface area contributed by atoms with Crippen LogP contribution in [0.5, 0.6) is 5.75 Å². The minimum absolute atomic E-state index is 0.0169. The van der Waals surface area contributed by atoms with Gasteiger partial charge in [-0.25, -0.2) is 0 Å². The number of pyridine rings is 1. The minimum Gasteiger partial charge on any atom is -0.497 e. The third-order valence-corrected chi connectivity index (χ3v) is 5.62. The second-order valence-electron chi connectivity index (χ2n) is 6.80. The molecule has 5 rings (SSSR count). The van der Waals surface area contributed by atoms with Gasteiger partial charge in [-0.05, 0) is 55.5 Å². The van der Waals surface area contributed by atoms with E-state index in [1.54, 1.807) is 13.3 Å². The van der Waals surface area contributed by atoms with Crippen molar-refractivity contribution in [2.75, 3.05) is 20.2 Å². The van der Waals surface area contributed by atoms with E-state index < -0.39 is 0 Å². The van der Waals surface area contributed by atoms with Crippen molar-refractivity contribution in [2.24, 2.45) is 11.8 Å².